The number of para-hydroxylation sites is 1. The molecule has 1 aromatic rings. The number of anilines is 1. The first-order valence-corrected chi connectivity index (χ1v) is 11.0. The van der Waals surface area contributed by atoms with Gasteiger partial charge in [-0.05, 0) is 29.7 Å². The van der Waals surface area contributed by atoms with Crippen molar-refractivity contribution in [2.45, 2.75) is 20.3 Å². The van der Waals surface area contributed by atoms with Gasteiger partial charge < -0.3 is 20.7 Å². The minimum absolute atomic E-state index is 0.159. The van der Waals surface area contributed by atoms with Crippen molar-refractivity contribution >= 4 is 49.0 Å². The topological polar surface area (TPSA) is 187 Å². The molecule has 0 atom stereocenters. The molecule has 0 spiro atoms. The lowest BCUT2D eigenvalue weighted by molar-refractivity contribution is -0.135. The summed E-state index contributed by atoms with van der Waals surface area (Å²) >= 11 is 6.35. The standard InChI is InChI=1S/C11H15ClN4O2S.C3H8NO5P/c1-3-9-6-4-5-8(2)11(9)16(10(17)7-12)19-18-15-14-13;5-3(6)1-4-2-10(7,8)9/h4-6H,3,7H2,1-2H3,(H2,13,15);4H,1-2H2,(H,5,6)(H2,7,8,9). The van der Waals surface area contributed by atoms with E-state index in [4.69, 9.17) is 36.6 Å². The predicted molar refractivity (Wildman–Crippen MR) is 109 cm³/mol. The molecule has 0 radical (unpaired) electrons. The zero-order valence-electron chi connectivity index (χ0n) is 15.7. The first-order chi connectivity index (χ1) is 13.6. The molecule has 12 nitrogen and oxygen atoms in total. The van der Waals surface area contributed by atoms with Gasteiger partial charge in [0.15, 0.2) is 0 Å². The summed E-state index contributed by atoms with van der Waals surface area (Å²) in [4.78, 5) is 38.1. The van der Waals surface area contributed by atoms with Crippen LogP contribution in [0, 0.1) is 6.92 Å². The number of alkyl halides is 1. The molecule has 29 heavy (non-hydrogen) atoms. The lowest BCUT2D eigenvalue weighted by Crippen LogP contribution is -2.26. The normalized spacial score (nSPS) is 10.9. The first-order valence-electron chi connectivity index (χ1n) is 7.95. The Bertz CT molecular complexity index is 749. The number of hydrogen-bond donors (Lipinski definition) is 5. The minimum atomic E-state index is -4.10. The van der Waals surface area contributed by atoms with Gasteiger partial charge in [0.2, 0.25) is 12.2 Å². The van der Waals surface area contributed by atoms with E-state index in [1.807, 2.05) is 32.0 Å². The second kappa shape index (κ2) is 14.1. The van der Waals surface area contributed by atoms with Crippen molar-refractivity contribution in [1.29, 1.82) is 0 Å². The Morgan fingerprint density at radius 1 is 1.41 bits per heavy atom. The minimum Gasteiger partial charge on any atom is -0.480 e. The Hall–Kier alpha value is -1.89. The smallest absolute Gasteiger partial charge is 0.339 e. The number of rotatable bonds is 10. The molecule has 0 saturated carbocycles. The van der Waals surface area contributed by atoms with Crippen molar-refractivity contribution < 1.29 is 33.3 Å². The molecule has 0 bridgehead atoms. The van der Waals surface area contributed by atoms with Crippen LogP contribution in [0.4, 0.5) is 5.69 Å². The number of carbonyl (C=O) groups is 2. The number of nitrogens with one attached hydrogen (secondary N) is 1. The number of nitrogens with two attached hydrogens (primary N) is 1. The van der Waals surface area contributed by atoms with Gasteiger partial charge in [-0.15, -0.1) is 11.6 Å². The van der Waals surface area contributed by atoms with Crippen LogP contribution in [0.15, 0.2) is 28.7 Å². The SMILES string of the molecule is CCc1cccc(C)c1N(SON=NN)C(=O)CCl.O=C(O)CNCP(=O)(O)O. The van der Waals surface area contributed by atoms with Gasteiger partial charge >= 0.3 is 13.6 Å². The van der Waals surface area contributed by atoms with Gasteiger partial charge in [-0.1, -0.05) is 25.1 Å². The van der Waals surface area contributed by atoms with Crippen molar-refractivity contribution in [3.63, 3.8) is 0 Å². The summed E-state index contributed by atoms with van der Waals surface area (Å²) in [5.74, 6) is 3.23. The van der Waals surface area contributed by atoms with E-state index < -0.39 is 26.4 Å². The lowest BCUT2D eigenvalue weighted by atomic mass is 10.1. The van der Waals surface area contributed by atoms with Crippen LogP contribution in [0.3, 0.4) is 0 Å². The highest BCUT2D eigenvalue weighted by molar-refractivity contribution is 7.96. The van der Waals surface area contributed by atoms with Gasteiger partial charge in [0, 0.05) is 0 Å². The van der Waals surface area contributed by atoms with Crippen molar-refractivity contribution in [3.8, 4) is 0 Å². The van der Waals surface area contributed by atoms with Crippen molar-refractivity contribution in [2.24, 2.45) is 16.3 Å². The third kappa shape index (κ3) is 11.6. The van der Waals surface area contributed by atoms with Crippen LogP contribution in [0.1, 0.15) is 18.1 Å². The predicted octanol–water partition coefficient (Wildman–Crippen LogP) is 1.75. The average molecular weight is 472 g/mol. The highest BCUT2D eigenvalue weighted by Crippen LogP contribution is 2.32. The van der Waals surface area contributed by atoms with Crippen LogP contribution in [0.25, 0.3) is 0 Å². The van der Waals surface area contributed by atoms with E-state index >= 15 is 0 Å². The van der Waals surface area contributed by atoms with Gasteiger partial charge in [0.1, 0.15) is 5.88 Å². The van der Waals surface area contributed by atoms with E-state index in [1.54, 1.807) is 0 Å². The molecule has 0 aliphatic heterocycles. The van der Waals surface area contributed by atoms with E-state index in [-0.39, 0.29) is 11.8 Å². The maximum absolute atomic E-state index is 11.9. The van der Waals surface area contributed by atoms with Crippen LogP contribution in [0.5, 0.6) is 0 Å². The van der Waals surface area contributed by atoms with Crippen LogP contribution < -0.4 is 15.5 Å². The van der Waals surface area contributed by atoms with Gasteiger partial charge in [-0.3, -0.25) is 23.8 Å². The van der Waals surface area contributed by atoms with E-state index in [9.17, 15) is 14.2 Å². The molecule has 1 rings (SSSR count). The second-order valence-electron chi connectivity index (χ2n) is 5.25. The molecule has 0 unspecified atom stereocenters. The number of halogens is 1. The summed E-state index contributed by atoms with van der Waals surface area (Å²) in [5.41, 5.74) is 2.71. The molecule has 0 fully saturated rings. The fraction of sp³-hybridized carbons (Fsp3) is 0.429. The summed E-state index contributed by atoms with van der Waals surface area (Å²) in [6, 6.07) is 5.79. The van der Waals surface area contributed by atoms with Gasteiger partial charge in [0.05, 0.1) is 23.8 Å². The fourth-order valence-corrected chi connectivity index (χ4v) is 3.14. The van der Waals surface area contributed by atoms with E-state index in [0.29, 0.717) is 0 Å². The zero-order chi connectivity index (χ0) is 22.4. The van der Waals surface area contributed by atoms with Crippen LogP contribution in [-0.2, 0) is 24.9 Å². The fourth-order valence-electron chi connectivity index (χ4n) is 1.93. The Kier molecular flexibility index (Phi) is 13.2. The molecule has 0 saturated heterocycles. The highest BCUT2D eigenvalue weighted by Gasteiger charge is 2.22. The molecule has 0 aromatic heterocycles. The maximum Gasteiger partial charge on any atom is 0.339 e. The number of aryl methyl sites for hydroxylation is 2. The lowest BCUT2D eigenvalue weighted by Gasteiger charge is -2.22. The summed E-state index contributed by atoms with van der Waals surface area (Å²) in [6.45, 7) is 3.48. The Morgan fingerprint density at radius 2 is 2.07 bits per heavy atom. The summed E-state index contributed by atoms with van der Waals surface area (Å²) < 4.78 is 16.2. The monoisotopic (exact) mass is 471 g/mol. The van der Waals surface area contributed by atoms with Crippen molar-refractivity contribution in [1.82, 2.24) is 5.32 Å². The highest BCUT2D eigenvalue weighted by atomic mass is 35.5. The molecule has 6 N–H and O–H groups in total. The summed E-state index contributed by atoms with van der Waals surface area (Å²) in [7, 11) is -4.10. The van der Waals surface area contributed by atoms with Crippen molar-refractivity contribution in [2.75, 3.05) is 23.0 Å². The third-order valence-electron chi connectivity index (χ3n) is 3.03. The third-order valence-corrected chi connectivity index (χ3v) is 4.56. The van der Waals surface area contributed by atoms with Gasteiger partial charge in [-0.25, -0.2) is 4.31 Å². The number of carboxylic acid groups (broad SMARTS) is 1. The van der Waals surface area contributed by atoms with E-state index in [2.05, 4.69) is 15.8 Å². The van der Waals surface area contributed by atoms with Crippen molar-refractivity contribution in [3.05, 3.63) is 29.3 Å². The summed E-state index contributed by atoms with van der Waals surface area (Å²) in [6.07, 6.45) is 0.182. The Balaban J connectivity index is 0.000000665. The molecule has 1 aromatic carbocycles. The maximum atomic E-state index is 11.9. The molecule has 0 heterocycles. The van der Waals surface area contributed by atoms with E-state index in [1.165, 1.54) is 4.31 Å². The number of carbonyl (C=O) groups excluding carboxylic acids is 1. The van der Waals surface area contributed by atoms with Crippen LogP contribution in [0.2, 0.25) is 0 Å². The van der Waals surface area contributed by atoms with Gasteiger partial charge in [0.25, 0.3) is 5.91 Å². The number of aliphatic carboxylic acids is 1. The zero-order valence-corrected chi connectivity index (χ0v) is 18.2. The molecule has 1 amide bonds. The number of nitrogens with zero attached hydrogens (tertiary/aromatic N) is 3. The number of benzene rings is 1. The molecule has 0 aliphatic rings. The largest absolute Gasteiger partial charge is 0.480 e. The number of carboxylic acids is 1. The van der Waals surface area contributed by atoms with Gasteiger partial charge in [-0.2, -0.15) is 0 Å². The Labute approximate surface area is 176 Å². The molecular weight excluding hydrogens is 449 g/mol. The molecule has 15 heteroatoms. The molecular formula is C14H23ClN5O7PS. The van der Waals surface area contributed by atoms with Crippen LogP contribution in [-0.4, -0.2) is 45.5 Å². The Morgan fingerprint density at radius 3 is 2.55 bits per heavy atom. The second-order valence-corrected chi connectivity index (χ2v) is 7.82. The number of amides is 1. The van der Waals surface area contributed by atoms with Crippen LogP contribution >= 0.6 is 31.4 Å². The first kappa shape index (κ1) is 27.1. The number of hydrogen-bond acceptors (Lipinski definition) is 8. The molecule has 0 aliphatic carbocycles. The quantitative estimate of drug-likeness (QED) is 0.0639. The average Bonchev–Trinajstić information content (AvgIpc) is 2.64. The van der Waals surface area contributed by atoms with E-state index in [0.717, 1.165) is 35.5 Å². The molecule has 164 valence electrons. The summed E-state index contributed by atoms with van der Waals surface area (Å²) in [5, 5.41) is 16.2.